The lowest BCUT2D eigenvalue weighted by molar-refractivity contribution is -0.698. The minimum atomic E-state index is 1.22. The van der Waals surface area contributed by atoms with Crippen molar-refractivity contribution in [2.45, 2.75) is 265 Å². The molecule has 1 heteroatoms. The third-order valence-electron chi connectivity index (χ3n) is 10.7. The number of pyridine rings is 1. The quantitative estimate of drug-likeness (QED) is 0.0493. The third-order valence-corrected chi connectivity index (χ3v) is 10.7. The van der Waals surface area contributed by atoms with Gasteiger partial charge in [-0.2, -0.15) is 0 Å². The molecule has 47 heavy (non-hydrogen) atoms. The summed E-state index contributed by atoms with van der Waals surface area (Å²) in [5, 5.41) is 0. The number of nitrogens with zero attached hydrogens (tertiary/aromatic N) is 1. The van der Waals surface area contributed by atoms with Crippen molar-refractivity contribution in [2.75, 3.05) is 0 Å². The Morgan fingerprint density at radius 1 is 0.298 bits per heavy atom. The molecule has 0 aliphatic heterocycles. The van der Waals surface area contributed by atoms with Crippen LogP contribution in [0.1, 0.15) is 257 Å². The standard InChI is InChI=1S/C46H88N/c1-4-7-10-13-16-19-22-23-26-29-32-35-38-41-47-43-45(39-36-33-30-27-24-20-17-14-11-8-5-2)42-46(44-47)40-37-34-31-28-25-21-18-15-12-9-6-3/h42-44H,4-41H2,1-3H3/q+1. The Kier molecular flexibility index (Phi) is 34.2. The number of unbranched alkanes of at least 4 members (excludes halogenated alkanes) is 32. The van der Waals surface area contributed by atoms with Gasteiger partial charge in [-0.1, -0.05) is 220 Å². The van der Waals surface area contributed by atoms with Crippen LogP contribution in [0.3, 0.4) is 0 Å². The molecular formula is C46H88N+. The average Bonchev–Trinajstić information content (AvgIpc) is 3.08. The minimum absolute atomic E-state index is 1.22. The van der Waals surface area contributed by atoms with Gasteiger partial charge in [0, 0.05) is 17.5 Å². The van der Waals surface area contributed by atoms with Gasteiger partial charge in [-0.15, -0.1) is 0 Å². The van der Waals surface area contributed by atoms with E-state index in [9.17, 15) is 0 Å². The van der Waals surface area contributed by atoms with E-state index < -0.39 is 0 Å². The zero-order valence-corrected chi connectivity index (χ0v) is 33.0. The van der Waals surface area contributed by atoms with Crippen LogP contribution in [-0.4, -0.2) is 0 Å². The van der Waals surface area contributed by atoms with Gasteiger partial charge >= 0.3 is 0 Å². The summed E-state index contributed by atoms with van der Waals surface area (Å²) < 4.78 is 2.58. The first kappa shape index (κ1) is 44.2. The first-order chi connectivity index (χ1) is 23.3. The van der Waals surface area contributed by atoms with Gasteiger partial charge in [0.05, 0.1) is 0 Å². The fourth-order valence-corrected chi connectivity index (χ4v) is 7.48. The number of hydrogen-bond donors (Lipinski definition) is 0. The summed E-state index contributed by atoms with van der Waals surface area (Å²) in [6, 6.07) is 2.58. The fourth-order valence-electron chi connectivity index (χ4n) is 7.48. The third kappa shape index (κ3) is 30.9. The van der Waals surface area contributed by atoms with E-state index in [1.807, 2.05) is 0 Å². The van der Waals surface area contributed by atoms with Crippen molar-refractivity contribution in [3.63, 3.8) is 0 Å². The molecule has 0 aliphatic rings. The molecule has 0 fully saturated rings. The Balaban J connectivity index is 2.32. The summed E-state index contributed by atoms with van der Waals surface area (Å²) in [5.74, 6) is 0. The zero-order valence-electron chi connectivity index (χ0n) is 33.0. The SMILES string of the molecule is CCCCCCCCCCCCCCC[n+]1cc(CCCCCCCCCCCCC)cc(CCCCCCCCCCCCC)c1. The van der Waals surface area contributed by atoms with Gasteiger partial charge in [0.1, 0.15) is 6.54 Å². The summed E-state index contributed by atoms with van der Waals surface area (Å²) in [5.41, 5.74) is 3.22. The summed E-state index contributed by atoms with van der Waals surface area (Å²) in [7, 11) is 0. The molecule has 0 spiro atoms. The smallest absolute Gasteiger partial charge is 0.171 e. The lowest BCUT2D eigenvalue weighted by Gasteiger charge is -2.07. The Morgan fingerprint density at radius 2 is 0.532 bits per heavy atom. The Morgan fingerprint density at radius 3 is 0.809 bits per heavy atom. The van der Waals surface area contributed by atoms with Crippen LogP contribution in [0.25, 0.3) is 0 Å². The predicted octanol–water partition coefficient (Wildman–Crippen LogP) is 15.8. The Hall–Kier alpha value is -0.850. The molecule has 1 aromatic rings. The molecule has 0 aliphatic carbocycles. The van der Waals surface area contributed by atoms with Crippen molar-refractivity contribution >= 4 is 0 Å². The van der Waals surface area contributed by atoms with E-state index in [0.29, 0.717) is 0 Å². The molecule has 1 aromatic heterocycles. The predicted molar refractivity (Wildman–Crippen MR) is 213 cm³/mol. The Bertz CT molecular complexity index is 694. The summed E-state index contributed by atoms with van der Waals surface area (Å²) >= 11 is 0. The van der Waals surface area contributed by atoms with Crippen molar-refractivity contribution in [3.8, 4) is 0 Å². The second kappa shape index (κ2) is 36.4. The van der Waals surface area contributed by atoms with Gasteiger partial charge < -0.3 is 0 Å². The number of rotatable bonds is 38. The molecule has 0 radical (unpaired) electrons. The van der Waals surface area contributed by atoms with Crippen LogP contribution >= 0.6 is 0 Å². The maximum atomic E-state index is 2.58. The van der Waals surface area contributed by atoms with Gasteiger partial charge in [-0.3, -0.25) is 0 Å². The molecule has 0 N–H and O–H groups in total. The average molecular weight is 655 g/mol. The molecule has 0 saturated carbocycles. The fraction of sp³-hybridized carbons (Fsp3) is 0.891. The highest BCUT2D eigenvalue weighted by atomic mass is 14.9. The second-order valence-corrected chi connectivity index (χ2v) is 15.6. The monoisotopic (exact) mass is 655 g/mol. The van der Waals surface area contributed by atoms with Gasteiger partial charge in [-0.05, 0) is 38.2 Å². The summed E-state index contributed by atoms with van der Waals surface area (Å²) in [4.78, 5) is 0. The van der Waals surface area contributed by atoms with E-state index in [2.05, 4.69) is 43.8 Å². The van der Waals surface area contributed by atoms with Crippen molar-refractivity contribution < 1.29 is 4.57 Å². The van der Waals surface area contributed by atoms with Crippen LogP contribution in [0.15, 0.2) is 18.5 Å². The lowest BCUT2D eigenvalue weighted by Crippen LogP contribution is -2.34. The minimum Gasteiger partial charge on any atom is -0.205 e. The van der Waals surface area contributed by atoms with Crippen LogP contribution in [-0.2, 0) is 19.4 Å². The van der Waals surface area contributed by atoms with Crippen LogP contribution in [0.4, 0.5) is 0 Å². The summed E-state index contributed by atoms with van der Waals surface area (Å²) in [6.07, 6.45) is 57.8. The van der Waals surface area contributed by atoms with Crippen molar-refractivity contribution in [3.05, 3.63) is 29.6 Å². The van der Waals surface area contributed by atoms with Crippen molar-refractivity contribution in [1.82, 2.24) is 0 Å². The molecule has 0 amide bonds. The number of aryl methyl sites for hydroxylation is 3. The zero-order chi connectivity index (χ0) is 33.7. The van der Waals surface area contributed by atoms with Crippen molar-refractivity contribution in [1.29, 1.82) is 0 Å². The maximum Gasteiger partial charge on any atom is 0.171 e. The largest absolute Gasteiger partial charge is 0.205 e. The molecule has 0 aromatic carbocycles. The first-order valence-corrected chi connectivity index (χ1v) is 22.3. The molecule has 0 saturated heterocycles. The molecule has 276 valence electrons. The van der Waals surface area contributed by atoms with Crippen LogP contribution < -0.4 is 4.57 Å². The van der Waals surface area contributed by atoms with E-state index in [0.717, 1.165) is 0 Å². The molecule has 0 bridgehead atoms. The topological polar surface area (TPSA) is 3.88 Å². The van der Waals surface area contributed by atoms with E-state index >= 15 is 0 Å². The molecule has 1 nitrogen and oxygen atoms in total. The highest BCUT2D eigenvalue weighted by molar-refractivity contribution is 5.15. The first-order valence-electron chi connectivity index (χ1n) is 22.3. The number of hydrogen-bond acceptors (Lipinski definition) is 0. The maximum absolute atomic E-state index is 2.58. The lowest BCUT2D eigenvalue weighted by atomic mass is 10.0. The molecule has 1 heterocycles. The van der Waals surface area contributed by atoms with Crippen molar-refractivity contribution in [2.24, 2.45) is 0 Å². The van der Waals surface area contributed by atoms with E-state index in [-0.39, 0.29) is 0 Å². The van der Waals surface area contributed by atoms with Gasteiger partial charge in [0.15, 0.2) is 12.4 Å². The highest BCUT2D eigenvalue weighted by Crippen LogP contribution is 2.17. The van der Waals surface area contributed by atoms with E-state index in [1.165, 1.54) is 244 Å². The van der Waals surface area contributed by atoms with Crippen LogP contribution in [0.5, 0.6) is 0 Å². The van der Waals surface area contributed by atoms with Gasteiger partial charge in [-0.25, -0.2) is 4.57 Å². The van der Waals surface area contributed by atoms with Gasteiger partial charge in [0.25, 0.3) is 0 Å². The van der Waals surface area contributed by atoms with Crippen LogP contribution in [0.2, 0.25) is 0 Å². The summed E-state index contributed by atoms with van der Waals surface area (Å²) in [6.45, 7) is 8.16. The highest BCUT2D eigenvalue weighted by Gasteiger charge is 2.09. The second-order valence-electron chi connectivity index (χ2n) is 15.6. The molecule has 0 atom stereocenters. The van der Waals surface area contributed by atoms with Gasteiger partial charge in [0.2, 0.25) is 0 Å². The number of aromatic nitrogens is 1. The molecular weight excluding hydrogens is 567 g/mol. The molecule has 0 unspecified atom stereocenters. The Labute approximate surface area is 298 Å². The van der Waals surface area contributed by atoms with E-state index in [4.69, 9.17) is 0 Å². The van der Waals surface area contributed by atoms with Crippen LogP contribution in [0, 0.1) is 0 Å². The normalized spacial score (nSPS) is 11.6. The van der Waals surface area contributed by atoms with E-state index in [1.54, 1.807) is 11.1 Å². The molecule has 1 rings (SSSR count).